The predicted molar refractivity (Wildman–Crippen MR) is 90.8 cm³/mol. The Bertz CT molecular complexity index is 752. The number of hydrogen-bond donors (Lipinski definition) is 0. The van der Waals surface area contributed by atoms with Crippen LogP contribution in [0.25, 0.3) is 17.1 Å². The number of para-hydroxylation sites is 2. The van der Waals surface area contributed by atoms with E-state index >= 15 is 0 Å². The Labute approximate surface area is 136 Å². The molecule has 0 aliphatic rings. The Hall–Kier alpha value is -2.66. The number of benzene rings is 2. The molecule has 0 saturated heterocycles. The summed E-state index contributed by atoms with van der Waals surface area (Å²) in [6.07, 6.45) is 1.72. The highest BCUT2D eigenvalue weighted by atomic mass is 16.5. The fourth-order valence-electron chi connectivity index (χ4n) is 2.21. The first kappa shape index (κ1) is 15.2. The zero-order valence-electron chi connectivity index (χ0n) is 13.4. The Balaban J connectivity index is 1.83. The van der Waals surface area contributed by atoms with Crippen molar-refractivity contribution >= 4 is 0 Å². The van der Waals surface area contributed by atoms with Crippen LogP contribution in [0.3, 0.4) is 0 Å². The van der Waals surface area contributed by atoms with Gasteiger partial charge in [0.2, 0.25) is 0 Å². The molecule has 0 fully saturated rings. The molecule has 0 N–H and O–H groups in total. The van der Waals surface area contributed by atoms with Crippen LogP contribution in [-0.2, 0) is 0 Å². The van der Waals surface area contributed by atoms with Crippen LogP contribution in [-0.4, -0.2) is 46.9 Å². The summed E-state index contributed by atoms with van der Waals surface area (Å²) in [4.78, 5) is 6.52. The van der Waals surface area contributed by atoms with Gasteiger partial charge in [-0.05, 0) is 38.4 Å². The van der Waals surface area contributed by atoms with Gasteiger partial charge in [-0.1, -0.05) is 30.3 Å². The standard InChI is InChI=1S/C18H20N4O/c1-21(2)12-13-23-17-11-7-6-10-16(17)18-19-14-22(20-18)15-8-4-3-5-9-15/h3-11,14H,12-13H2,1-2H3. The van der Waals surface area contributed by atoms with Gasteiger partial charge < -0.3 is 9.64 Å². The molecular formula is C18H20N4O. The molecule has 1 heterocycles. The van der Waals surface area contributed by atoms with Crippen LogP contribution >= 0.6 is 0 Å². The lowest BCUT2D eigenvalue weighted by Crippen LogP contribution is -2.19. The van der Waals surface area contributed by atoms with E-state index in [1.54, 1.807) is 11.0 Å². The number of likely N-dealkylation sites (N-methyl/N-ethyl adjacent to an activating group) is 1. The molecule has 5 nitrogen and oxygen atoms in total. The Kier molecular flexibility index (Phi) is 4.68. The molecule has 0 radical (unpaired) electrons. The minimum atomic E-state index is 0.628. The molecule has 1 aromatic heterocycles. The van der Waals surface area contributed by atoms with Crippen molar-refractivity contribution in [3.8, 4) is 22.8 Å². The van der Waals surface area contributed by atoms with Crippen LogP contribution in [0.4, 0.5) is 0 Å². The monoisotopic (exact) mass is 308 g/mol. The summed E-state index contributed by atoms with van der Waals surface area (Å²) in [5.41, 5.74) is 1.89. The summed E-state index contributed by atoms with van der Waals surface area (Å²) in [6.45, 7) is 1.49. The van der Waals surface area contributed by atoms with Crippen molar-refractivity contribution in [2.45, 2.75) is 0 Å². The van der Waals surface area contributed by atoms with Crippen molar-refractivity contribution in [2.75, 3.05) is 27.2 Å². The van der Waals surface area contributed by atoms with Crippen LogP contribution in [0.2, 0.25) is 0 Å². The van der Waals surface area contributed by atoms with E-state index in [4.69, 9.17) is 4.74 Å². The zero-order valence-corrected chi connectivity index (χ0v) is 13.4. The lowest BCUT2D eigenvalue weighted by molar-refractivity contribution is 0.262. The third-order valence-electron chi connectivity index (χ3n) is 3.44. The number of aromatic nitrogens is 3. The van der Waals surface area contributed by atoms with Crippen molar-refractivity contribution in [1.82, 2.24) is 19.7 Å². The third-order valence-corrected chi connectivity index (χ3v) is 3.44. The van der Waals surface area contributed by atoms with Gasteiger partial charge in [0.05, 0.1) is 11.3 Å². The van der Waals surface area contributed by atoms with Crippen LogP contribution in [0.5, 0.6) is 5.75 Å². The van der Waals surface area contributed by atoms with Gasteiger partial charge in [0.15, 0.2) is 5.82 Å². The van der Waals surface area contributed by atoms with Crippen LogP contribution in [0.15, 0.2) is 60.9 Å². The minimum absolute atomic E-state index is 0.628. The molecule has 3 aromatic rings. The van der Waals surface area contributed by atoms with Gasteiger partial charge in [-0.25, -0.2) is 9.67 Å². The number of nitrogens with zero attached hydrogens (tertiary/aromatic N) is 4. The van der Waals surface area contributed by atoms with E-state index in [1.807, 2.05) is 68.7 Å². The van der Waals surface area contributed by atoms with E-state index < -0.39 is 0 Å². The van der Waals surface area contributed by atoms with Gasteiger partial charge in [0.1, 0.15) is 18.7 Å². The average molecular weight is 308 g/mol. The molecule has 2 aromatic carbocycles. The largest absolute Gasteiger partial charge is 0.491 e. The third kappa shape index (κ3) is 3.76. The van der Waals surface area contributed by atoms with Crippen molar-refractivity contribution < 1.29 is 4.74 Å². The summed E-state index contributed by atoms with van der Waals surface area (Å²) in [6, 6.07) is 17.8. The van der Waals surface area contributed by atoms with Gasteiger partial charge in [-0.15, -0.1) is 5.10 Å². The maximum atomic E-state index is 5.89. The summed E-state index contributed by atoms with van der Waals surface area (Å²) in [5.74, 6) is 1.47. The van der Waals surface area contributed by atoms with Crippen molar-refractivity contribution in [3.05, 3.63) is 60.9 Å². The molecule has 5 heteroatoms. The highest BCUT2D eigenvalue weighted by molar-refractivity contribution is 5.63. The predicted octanol–water partition coefficient (Wildman–Crippen LogP) is 2.87. The quantitative estimate of drug-likeness (QED) is 0.702. The molecule has 3 rings (SSSR count). The van der Waals surface area contributed by atoms with E-state index in [2.05, 4.69) is 15.0 Å². The van der Waals surface area contributed by atoms with E-state index in [1.165, 1.54) is 0 Å². The van der Waals surface area contributed by atoms with Crippen LogP contribution < -0.4 is 4.74 Å². The number of hydrogen-bond acceptors (Lipinski definition) is 4. The van der Waals surface area contributed by atoms with Crippen molar-refractivity contribution in [2.24, 2.45) is 0 Å². The molecule has 0 saturated carbocycles. The Morgan fingerprint density at radius 3 is 2.52 bits per heavy atom. The fourth-order valence-corrected chi connectivity index (χ4v) is 2.21. The lowest BCUT2D eigenvalue weighted by Gasteiger charge is -2.12. The van der Waals surface area contributed by atoms with E-state index in [-0.39, 0.29) is 0 Å². The molecule has 0 spiro atoms. The Morgan fingerprint density at radius 1 is 1.00 bits per heavy atom. The second-order valence-electron chi connectivity index (χ2n) is 5.50. The first-order valence-electron chi connectivity index (χ1n) is 7.58. The summed E-state index contributed by atoms with van der Waals surface area (Å²) < 4.78 is 7.66. The smallest absolute Gasteiger partial charge is 0.185 e. The van der Waals surface area contributed by atoms with Gasteiger partial charge >= 0.3 is 0 Å². The topological polar surface area (TPSA) is 43.2 Å². The van der Waals surface area contributed by atoms with Gasteiger partial charge in [-0.2, -0.15) is 0 Å². The van der Waals surface area contributed by atoms with Crippen LogP contribution in [0, 0.1) is 0 Å². The molecule has 0 unspecified atom stereocenters. The van der Waals surface area contributed by atoms with Crippen molar-refractivity contribution in [3.63, 3.8) is 0 Å². The highest BCUT2D eigenvalue weighted by Gasteiger charge is 2.11. The van der Waals surface area contributed by atoms with Crippen molar-refractivity contribution in [1.29, 1.82) is 0 Å². The fraction of sp³-hybridized carbons (Fsp3) is 0.222. The van der Waals surface area contributed by atoms with Gasteiger partial charge in [0.25, 0.3) is 0 Å². The van der Waals surface area contributed by atoms with E-state index in [0.29, 0.717) is 12.4 Å². The summed E-state index contributed by atoms with van der Waals surface area (Å²) >= 11 is 0. The van der Waals surface area contributed by atoms with E-state index in [0.717, 1.165) is 23.5 Å². The van der Waals surface area contributed by atoms with Crippen LogP contribution in [0.1, 0.15) is 0 Å². The molecule has 0 aliphatic carbocycles. The SMILES string of the molecule is CN(C)CCOc1ccccc1-c1ncn(-c2ccccc2)n1. The first-order valence-corrected chi connectivity index (χ1v) is 7.58. The average Bonchev–Trinajstić information content (AvgIpc) is 3.06. The number of rotatable bonds is 6. The summed E-state index contributed by atoms with van der Waals surface area (Å²) in [5, 5.41) is 4.57. The normalized spacial score (nSPS) is 10.9. The van der Waals surface area contributed by atoms with Gasteiger partial charge in [0, 0.05) is 6.54 Å². The first-order chi connectivity index (χ1) is 11.2. The van der Waals surface area contributed by atoms with Gasteiger partial charge in [-0.3, -0.25) is 0 Å². The molecule has 0 aliphatic heterocycles. The molecular weight excluding hydrogens is 288 g/mol. The van der Waals surface area contributed by atoms with E-state index in [9.17, 15) is 0 Å². The molecule has 0 atom stereocenters. The highest BCUT2D eigenvalue weighted by Crippen LogP contribution is 2.27. The molecule has 0 bridgehead atoms. The number of ether oxygens (including phenoxy) is 1. The second kappa shape index (κ2) is 7.07. The molecule has 0 amide bonds. The summed E-state index contributed by atoms with van der Waals surface area (Å²) in [7, 11) is 4.05. The molecule has 23 heavy (non-hydrogen) atoms. The zero-order chi connectivity index (χ0) is 16.1. The Morgan fingerprint density at radius 2 is 1.74 bits per heavy atom. The lowest BCUT2D eigenvalue weighted by atomic mass is 10.2. The molecule has 118 valence electrons. The minimum Gasteiger partial charge on any atom is -0.491 e. The maximum absolute atomic E-state index is 5.89. The second-order valence-corrected chi connectivity index (χ2v) is 5.50. The maximum Gasteiger partial charge on any atom is 0.185 e.